The van der Waals surface area contributed by atoms with E-state index in [1.165, 1.54) is 5.56 Å². The zero-order valence-corrected chi connectivity index (χ0v) is 14.7. The minimum atomic E-state index is 0.575. The van der Waals surface area contributed by atoms with E-state index in [2.05, 4.69) is 33.9 Å². The first-order valence-electron chi connectivity index (χ1n) is 8.48. The molecule has 24 heavy (non-hydrogen) atoms. The van der Waals surface area contributed by atoms with E-state index in [1.807, 2.05) is 19.1 Å². The molecule has 0 unspecified atom stereocenters. The van der Waals surface area contributed by atoms with E-state index in [0.29, 0.717) is 11.8 Å². The molecular formula is C19H25N3O2. The van der Waals surface area contributed by atoms with Crippen molar-refractivity contribution < 1.29 is 9.47 Å². The van der Waals surface area contributed by atoms with Gasteiger partial charge >= 0.3 is 0 Å². The van der Waals surface area contributed by atoms with Gasteiger partial charge in [-0.3, -0.25) is 0 Å². The van der Waals surface area contributed by atoms with Gasteiger partial charge in [0.25, 0.3) is 5.88 Å². The quantitative estimate of drug-likeness (QED) is 0.842. The molecule has 1 fully saturated rings. The van der Waals surface area contributed by atoms with E-state index in [-0.39, 0.29) is 0 Å². The summed E-state index contributed by atoms with van der Waals surface area (Å²) in [5.41, 5.74) is 2.14. The third-order valence-electron chi connectivity index (χ3n) is 4.42. The maximum Gasteiger partial charge on any atom is 0.257 e. The summed E-state index contributed by atoms with van der Waals surface area (Å²) >= 11 is 0. The normalized spacial score (nSPS) is 15.4. The second kappa shape index (κ2) is 7.51. The highest BCUT2D eigenvalue weighted by Gasteiger charge is 2.23. The molecule has 3 rings (SSSR count). The number of hydrogen-bond acceptors (Lipinski definition) is 5. The Morgan fingerprint density at radius 2 is 2.00 bits per heavy atom. The third kappa shape index (κ3) is 3.96. The maximum absolute atomic E-state index is 5.96. The van der Waals surface area contributed by atoms with E-state index in [9.17, 15) is 0 Å². The second-order valence-electron chi connectivity index (χ2n) is 6.40. The largest absolute Gasteiger partial charge is 0.493 e. The molecule has 2 aromatic rings. The molecule has 5 nitrogen and oxygen atoms in total. The molecule has 128 valence electrons. The van der Waals surface area contributed by atoms with Crippen molar-refractivity contribution in [3.63, 3.8) is 0 Å². The minimum Gasteiger partial charge on any atom is -0.493 e. The topological polar surface area (TPSA) is 47.5 Å². The van der Waals surface area contributed by atoms with Crippen LogP contribution in [0, 0.1) is 19.8 Å². The predicted molar refractivity (Wildman–Crippen MR) is 94.9 cm³/mol. The zero-order valence-electron chi connectivity index (χ0n) is 14.7. The average Bonchev–Trinajstić information content (AvgIpc) is 2.60. The third-order valence-corrected chi connectivity index (χ3v) is 4.42. The molecule has 0 radical (unpaired) electrons. The van der Waals surface area contributed by atoms with Gasteiger partial charge in [0.15, 0.2) is 5.82 Å². The van der Waals surface area contributed by atoms with Crippen LogP contribution in [0.2, 0.25) is 0 Å². The Kier molecular flexibility index (Phi) is 5.18. The van der Waals surface area contributed by atoms with Crippen molar-refractivity contribution >= 4 is 5.82 Å². The fourth-order valence-electron chi connectivity index (χ4n) is 3.03. The Morgan fingerprint density at radius 1 is 1.21 bits per heavy atom. The van der Waals surface area contributed by atoms with Gasteiger partial charge in [0, 0.05) is 13.1 Å². The van der Waals surface area contributed by atoms with Gasteiger partial charge in [-0.2, -0.15) is 0 Å². The summed E-state index contributed by atoms with van der Waals surface area (Å²) in [4.78, 5) is 11.2. The number of piperidine rings is 1. The number of benzene rings is 1. The van der Waals surface area contributed by atoms with Crippen LogP contribution in [0.5, 0.6) is 11.6 Å². The van der Waals surface area contributed by atoms with Crippen LogP contribution in [0.15, 0.2) is 30.5 Å². The fraction of sp³-hybridized carbons (Fsp3) is 0.474. The molecule has 0 saturated carbocycles. The van der Waals surface area contributed by atoms with Crippen molar-refractivity contribution in [3.05, 3.63) is 41.7 Å². The van der Waals surface area contributed by atoms with Crippen LogP contribution in [-0.4, -0.2) is 36.8 Å². The van der Waals surface area contributed by atoms with Crippen LogP contribution in [0.4, 0.5) is 5.82 Å². The van der Waals surface area contributed by atoms with Gasteiger partial charge in [-0.15, -0.1) is 0 Å². The van der Waals surface area contributed by atoms with Crippen LogP contribution in [0.25, 0.3) is 0 Å². The number of methoxy groups -OCH3 is 1. The van der Waals surface area contributed by atoms with Gasteiger partial charge in [0.2, 0.25) is 0 Å². The van der Waals surface area contributed by atoms with Crippen LogP contribution in [0.3, 0.4) is 0 Å². The fourth-order valence-corrected chi connectivity index (χ4v) is 3.03. The number of anilines is 1. The van der Waals surface area contributed by atoms with Crippen molar-refractivity contribution in [1.29, 1.82) is 0 Å². The summed E-state index contributed by atoms with van der Waals surface area (Å²) in [6.07, 6.45) is 3.92. The number of nitrogens with zero attached hydrogens (tertiary/aromatic N) is 3. The van der Waals surface area contributed by atoms with Crippen LogP contribution < -0.4 is 14.4 Å². The first kappa shape index (κ1) is 16.6. The van der Waals surface area contributed by atoms with Gasteiger partial charge < -0.3 is 14.4 Å². The van der Waals surface area contributed by atoms with Crippen molar-refractivity contribution in [2.75, 3.05) is 31.7 Å². The van der Waals surface area contributed by atoms with Crippen LogP contribution in [-0.2, 0) is 0 Å². The summed E-state index contributed by atoms with van der Waals surface area (Å²) in [5.74, 6) is 3.00. The molecule has 0 bridgehead atoms. The molecule has 1 aromatic heterocycles. The SMILES string of the molecule is COc1ncc(C)nc1N1CCC(COc2cccc(C)c2)CC1. The molecule has 0 amide bonds. The minimum absolute atomic E-state index is 0.575. The van der Waals surface area contributed by atoms with Gasteiger partial charge in [-0.05, 0) is 50.3 Å². The molecule has 1 aromatic carbocycles. The first-order chi connectivity index (χ1) is 11.7. The Morgan fingerprint density at radius 3 is 2.71 bits per heavy atom. The lowest BCUT2D eigenvalue weighted by Gasteiger charge is -2.33. The predicted octanol–water partition coefficient (Wildman–Crippen LogP) is 3.40. The second-order valence-corrected chi connectivity index (χ2v) is 6.40. The molecule has 0 aliphatic carbocycles. The summed E-state index contributed by atoms with van der Waals surface area (Å²) in [6.45, 7) is 6.72. The Bertz CT molecular complexity index is 682. The number of hydrogen-bond donors (Lipinski definition) is 0. The highest BCUT2D eigenvalue weighted by molar-refractivity contribution is 5.48. The van der Waals surface area contributed by atoms with Crippen LogP contribution in [0.1, 0.15) is 24.1 Å². The summed E-state index contributed by atoms with van der Waals surface area (Å²) in [7, 11) is 1.64. The van der Waals surface area contributed by atoms with Gasteiger partial charge in [0.05, 0.1) is 25.6 Å². The Labute approximate surface area is 143 Å². The first-order valence-corrected chi connectivity index (χ1v) is 8.48. The molecular weight excluding hydrogens is 302 g/mol. The van der Waals surface area contributed by atoms with E-state index in [0.717, 1.165) is 49.8 Å². The molecule has 2 heterocycles. The lowest BCUT2D eigenvalue weighted by atomic mass is 9.98. The Hall–Kier alpha value is -2.30. The lowest BCUT2D eigenvalue weighted by molar-refractivity contribution is 0.222. The number of aromatic nitrogens is 2. The number of ether oxygens (including phenoxy) is 2. The molecule has 5 heteroatoms. The monoisotopic (exact) mass is 327 g/mol. The van der Waals surface area contributed by atoms with Crippen molar-refractivity contribution in [3.8, 4) is 11.6 Å². The maximum atomic E-state index is 5.96. The lowest BCUT2D eigenvalue weighted by Crippen LogP contribution is -2.36. The average molecular weight is 327 g/mol. The standard InChI is InChI=1S/C19H25N3O2/c1-14-5-4-6-17(11-14)24-13-16-7-9-22(10-8-16)18-19(23-3)20-12-15(2)21-18/h4-6,11-12,16H,7-10,13H2,1-3H3. The summed E-state index contributed by atoms with van der Waals surface area (Å²) in [6, 6.07) is 8.23. The van der Waals surface area contributed by atoms with E-state index >= 15 is 0 Å². The molecule has 0 spiro atoms. The molecule has 0 atom stereocenters. The molecule has 0 N–H and O–H groups in total. The zero-order chi connectivity index (χ0) is 16.9. The van der Waals surface area contributed by atoms with Crippen molar-refractivity contribution in [2.24, 2.45) is 5.92 Å². The number of rotatable bonds is 5. The Balaban J connectivity index is 1.55. The van der Waals surface area contributed by atoms with Gasteiger partial charge in [-0.25, -0.2) is 9.97 Å². The van der Waals surface area contributed by atoms with E-state index in [1.54, 1.807) is 13.3 Å². The van der Waals surface area contributed by atoms with E-state index in [4.69, 9.17) is 9.47 Å². The highest BCUT2D eigenvalue weighted by atomic mass is 16.5. The molecule has 1 saturated heterocycles. The highest BCUT2D eigenvalue weighted by Crippen LogP contribution is 2.28. The summed E-state index contributed by atoms with van der Waals surface area (Å²) in [5, 5.41) is 0. The van der Waals surface area contributed by atoms with Crippen LogP contribution >= 0.6 is 0 Å². The van der Waals surface area contributed by atoms with E-state index < -0.39 is 0 Å². The number of aryl methyl sites for hydroxylation is 2. The smallest absolute Gasteiger partial charge is 0.257 e. The van der Waals surface area contributed by atoms with Crippen molar-refractivity contribution in [2.45, 2.75) is 26.7 Å². The molecule has 1 aliphatic rings. The van der Waals surface area contributed by atoms with Gasteiger partial charge in [-0.1, -0.05) is 12.1 Å². The summed E-state index contributed by atoms with van der Waals surface area (Å²) < 4.78 is 11.3. The van der Waals surface area contributed by atoms with Gasteiger partial charge in [0.1, 0.15) is 5.75 Å². The van der Waals surface area contributed by atoms with Crippen molar-refractivity contribution in [1.82, 2.24) is 9.97 Å². The molecule has 1 aliphatic heterocycles.